The first-order valence-corrected chi connectivity index (χ1v) is 7.78. The van der Waals surface area contributed by atoms with Crippen molar-refractivity contribution in [1.29, 1.82) is 0 Å². The number of piperazine rings is 1. The first-order valence-electron chi connectivity index (χ1n) is 7.78. The third kappa shape index (κ3) is 4.70. The molecule has 2 amide bonds. The van der Waals surface area contributed by atoms with E-state index in [4.69, 9.17) is 10.5 Å². The normalized spacial score (nSPS) is 18.8. The smallest absolute Gasteiger partial charge is 0.245 e. The number of methoxy groups -OCH3 is 1. The highest BCUT2D eigenvalue weighted by atomic mass is 19.2. The summed E-state index contributed by atoms with van der Waals surface area (Å²) in [7, 11) is 1.42. The summed E-state index contributed by atoms with van der Waals surface area (Å²) in [5.41, 5.74) is 5.75. The number of nitrogens with zero attached hydrogens (tertiary/aromatic N) is 1. The van der Waals surface area contributed by atoms with E-state index in [0.717, 1.165) is 6.07 Å². The van der Waals surface area contributed by atoms with Crippen molar-refractivity contribution in [3.8, 4) is 0 Å². The van der Waals surface area contributed by atoms with Gasteiger partial charge in [0.05, 0.1) is 6.61 Å². The Labute approximate surface area is 143 Å². The van der Waals surface area contributed by atoms with E-state index in [1.54, 1.807) is 0 Å². The van der Waals surface area contributed by atoms with Crippen LogP contribution in [0, 0.1) is 17.5 Å². The predicted molar refractivity (Wildman–Crippen MR) is 83.0 cm³/mol. The second kappa shape index (κ2) is 8.30. The average molecular weight is 359 g/mol. The predicted octanol–water partition coefficient (Wildman–Crippen LogP) is 0.337. The molecule has 0 radical (unpaired) electrons. The van der Waals surface area contributed by atoms with Crippen molar-refractivity contribution in [3.05, 3.63) is 35.1 Å². The van der Waals surface area contributed by atoms with Crippen LogP contribution in [0.2, 0.25) is 0 Å². The van der Waals surface area contributed by atoms with Crippen LogP contribution in [0.15, 0.2) is 12.1 Å². The summed E-state index contributed by atoms with van der Waals surface area (Å²) in [6, 6.07) is -0.377. The van der Waals surface area contributed by atoms with E-state index in [1.165, 1.54) is 12.0 Å². The van der Waals surface area contributed by atoms with Gasteiger partial charge in [-0.15, -0.1) is 0 Å². The minimum Gasteiger partial charge on any atom is -0.382 e. The Bertz CT molecular complexity index is 657. The molecule has 1 heterocycles. The zero-order chi connectivity index (χ0) is 18.6. The number of hydrogen-bond acceptors (Lipinski definition) is 4. The topological polar surface area (TPSA) is 84.7 Å². The lowest BCUT2D eigenvalue weighted by atomic mass is 10.0. The van der Waals surface area contributed by atoms with Crippen LogP contribution in [0.5, 0.6) is 0 Å². The summed E-state index contributed by atoms with van der Waals surface area (Å²) in [4.78, 5) is 25.6. The molecule has 1 aliphatic heterocycles. The van der Waals surface area contributed by atoms with Gasteiger partial charge < -0.3 is 20.7 Å². The molecule has 1 fully saturated rings. The minimum atomic E-state index is -1.28. The summed E-state index contributed by atoms with van der Waals surface area (Å²) < 4.78 is 44.8. The van der Waals surface area contributed by atoms with Gasteiger partial charge in [0.1, 0.15) is 11.9 Å². The maximum absolute atomic E-state index is 13.7. The van der Waals surface area contributed by atoms with Crippen molar-refractivity contribution < 1.29 is 27.5 Å². The third-order valence-corrected chi connectivity index (χ3v) is 3.98. The lowest BCUT2D eigenvalue weighted by Gasteiger charge is -2.35. The fourth-order valence-corrected chi connectivity index (χ4v) is 2.75. The first kappa shape index (κ1) is 19.2. The Hall–Kier alpha value is -2.13. The van der Waals surface area contributed by atoms with Crippen LogP contribution in [0.25, 0.3) is 0 Å². The average Bonchev–Trinajstić information content (AvgIpc) is 2.54. The number of carbonyl (C=O) groups excluding carboxylic acids is 2. The maximum atomic E-state index is 13.7. The van der Waals surface area contributed by atoms with Gasteiger partial charge >= 0.3 is 0 Å². The van der Waals surface area contributed by atoms with Gasteiger partial charge in [0.2, 0.25) is 11.8 Å². The number of rotatable bonds is 6. The van der Waals surface area contributed by atoms with E-state index in [9.17, 15) is 22.8 Å². The zero-order valence-corrected chi connectivity index (χ0v) is 13.7. The van der Waals surface area contributed by atoms with Gasteiger partial charge in [-0.05, 0) is 18.1 Å². The molecule has 0 bridgehead atoms. The highest BCUT2D eigenvalue weighted by Gasteiger charge is 2.33. The molecule has 3 N–H and O–H groups in total. The Morgan fingerprint density at radius 1 is 1.36 bits per heavy atom. The monoisotopic (exact) mass is 359 g/mol. The summed E-state index contributed by atoms with van der Waals surface area (Å²) >= 11 is 0. The Morgan fingerprint density at radius 3 is 2.72 bits per heavy atom. The van der Waals surface area contributed by atoms with E-state index in [2.05, 4.69) is 5.32 Å². The molecule has 0 aliphatic carbocycles. The number of carbonyl (C=O) groups is 2. The molecule has 0 saturated carbocycles. The van der Waals surface area contributed by atoms with E-state index >= 15 is 0 Å². The summed E-state index contributed by atoms with van der Waals surface area (Å²) in [5.74, 6) is -4.08. The molecule has 2 rings (SSSR count). The standard InChI is InChI=1S/C16H20F3N3O3/c1-25-8-14-16(24)21-2-3-22(14)15(23)6-10(20)4-9-5-12(18)13(19)7-11(9)17/h5,7,10,14H,2-4,6,8,20H2,1H3,(H,21,24). The zero-order valence-electron chi connectivity index (χ0n) is 13.7. The SMILES string of the molecule is COCC1C(=O)NCCN1C(=O)CC(N)Cc1cc(F)c(F)cc1F. The van der Waals surface area contributed by atoms with Crippen molar-refractivity contribution in [2.45, 2.75) is 24.9 Å². The molecule has 138 valence electrons. The van der Waals surface area contributed by atoms with E-state index in [1.807, 2.05) is 0 Å². The third-order valence-electron chi connectivity index (χ3n) is 3.98. The highest BCUT2D eigenvalue weighted by Crippen LogP contribution is 2.16. The maximum Gasteiger partial charge on any atom is 0.245 e. The summed E-state index contributed by atoms with van der Waals surface area (Å²) in [6.07, 6.45) is -0.296. The lowest BCUT2D eigenvalue weighted by Crippen LogP contribution is -2.59. The van der Waals surface area contributed by atoms with Crippen LogP contribution in [-0.2, 0) is 20.7 Å². The number of amides is 2. The molecule has 0 aromatic heterocycles. The van der Waals surface area contributed by atoms with Crippen molar-refractivity contribution in [2.24, 2.45) is 5.73 Å². The largest absolute Gasteiger partial charge is 0.382 e. The number of nitrogens with one attached hydrogen (secondary N) is 1. The van der Waals surface area contributed by atoms with Crippen LogP contribution in [0.3, 0.4) is 0 Å². The fraction of sp³-hybridized carbons (Fsp3) is 0.500. The van der Waals surface area contributed by atoms with Gasteiger partial charge in [0.25, 0.3) is 0 Å². The number of halogens is 3. The van der Waals surface area contributed by atoms with Gasteiger partial charge in [-0.2, -0.15) is 0 Å². The molecule has 1 aromatic carbocycles. The van der Waals surface area contributed by atoms with Crippen molar-refractivity contribution in [2.75, 3.05) is 26.8 Å². The van der Waals surface area contributed by atoms with Gasteiger partial charge in [-0.1, -0.05) is 0 Å². The molecule has 1 aliphatic rings. The number of ether oxygens (including phenoxy) is 1. The molecule has 2 atom stereocenters. The van der Waals surface area contributed by atoms with Crippen molar-refractivity contribution in [3.63, 3.8) is 0 Å². The Balaban J connectivity index is 2.01. The van der Waals surface area contributed by atoms with E-state index in [0.29, 0.717) is 19.2 Å². The molecular weight excluding hydrogens is 339 g/mol. The fourth-order valence-electron chi connectivity index (χ4n) is 2.75. The van der Waals surface area contributed by atoms with Gasteiger partial charge in [0, 0.05) is 38.7 Å². The number of nitrogens with two attached hydrogens (primary N) is 1. The Morgan fingerprint density at radius 2 is 2.04 bits per heavy atom. The second-order valence-corrected chi connectivity index (χ2v) is 5.88. The van der Waals surface area contributed by atoms with Crippen LogP contribution in [0.4, 0.5) is 13.2 Å². The van der Waals surface area contributed by atoms with Gasteiger partial charge in [-0.25, -0.2) is 13.2 Å². The number of hydrogen-bond donors (Lipinski definition) is 2. The molecule has 25 heavy (non-hydrogen) atoms. The van der Waals surface area contributed by atoms with Crippen molar-refractivity contribution in [1.82, 2.24) is 10.2 Å². The van der Waals surface area contributed by atoms with Gasteiger partial charge in [0.15, 0.2) is 11.6 Å². The molecule has 1 aromatic rings. The first-order chi connectivity index (χ1) is 11.8. The molecule has 6 nitrogen and oxygen atoms in total. The molecule has 2 unspecified atom stereocenters. The quantitative estimate of drug-likeness (QED) is 0.718. The second-order valence-electron chi connectivity index (χ2n) is 5.88. The number of benzene rings is 1. The lowest BCUT2D eigenvalue weighted by molar-refractivity contribution is -0.145. The molecule has 1 saturated heterocycles. The summed E-state index contributed by atoms with van der Waals surface area (Å²) in [5, 5.41) is 2.64. The van der Waals surface area contributed by atoms with Crippen LogP contribution in [-0.4, -0.2) is 55.6 Å². The minimum absolute atomic E-state index is 0.0462. The van der Waals surface area contributed by atoms with E-state index < -0.39 is 29.5 Å². The van der Waals surface area contributed by atoms with Crippen LogP contribution in [0.1, 0.15) is 12.0 Å². The Kier molecular flexibility index (Phi) is 6.38. The van der Waals surface area contributed by atoms with Crippen LogP contribution < -0.4 is 11.1 Å². The molecular formula is C16H20F3N3O3. The van der Waals surface area contributed by atoms with E-state index in [-0.39, 0.29) is 36.8 Å². The molecule has 9 heteroatoms. The highest BCUT2D eigenvalue weighted by molar-refractivity contribution is 5.89. The summed E-state index contributed by atoms with van der Waals surface area (Å²) in [6.45, 7) is 0.674. The van der Waals surface area contributed by atoms with Crippen molar-refractivity contribution >= 4 is 11.8 Å². The molecule has 0 spiro atoms. The van der Waals surface area contributed by atoms with Gasteiger partial charge in [-0.3, -0.25) is 9.59 Å². The van der Waals surface area contributed by atoms with Crippen LogP contribution >= 0.6 is 0 Å².